The Bertz CT molecular complexity index is 1330. The molecule has 2 aromatic heterocycles. The molecule has 34 heavy (non-hydrogen) atoms. The largest absolute Gasteiger partial charge is 0.507 e. The van der Waals surface area contributed by atoms with Crippen LogP contribution in [0.15, 0.2) is 65.3 Å². The third-order valence-electron chi connectivity index (χ3n) is 4.74. The normalized spacial score (nSPS) is 10.2. The number of rotatable bonds is 6. The molecule has 0 saturated heterocycles. The van der Waals surface area contributed by atoms with Crippen molar-refractivity contribution in [2.24, 2.45) is 0 Å². The van der Waals surface area contributed by atoms with Crippen molar-refractivity contribution in [1.82, 2.24) is 19.9 Å². The summed E-state index contributed by atoms with van der Waals surface area (Å²) in [6, 6.07) is 15.8. The van der Waals surface area contributed by atoms with Crippen molar-refractivity contribution in [3.63, 3.8) is 0 Å². The second-order valence-electron chi connectivity index (χ2n) is 7.02. The van der Waals surface area contributed by atoms with E-state index in [1.165, 1.54) is 7.11 Å². The summed E-state index contributed by atoms with van der Waals surface area (Å²) in [4.78, 5) is 15.6. The van der Waals surface area contributed by atoms with E-state index in [0.29, 0.717) is 28.0 Å². The molecule has 0 bridgehead atoms. The van der Waals surface area contributed by atoms with E-state index in [2.05, 4.69) is 47.3 Å². The number of hydrogen-bond acceptors (Lipinski definition) is 7. The second-order valence-corrected chi connectivity index (χ2v) is 7.87. The SMILES string of the molecule is C#Cc1cccc(C(=O)OC)c1.CNCCNc1cc(-c2ccccc2O)nc2c(Br)cnn12. The Kier molecular flexibility index (Phi) is 8.62. The van der Waals surface area contributed by atoms with Crippen LogP contribution in [0.2, 0.25) is 0 Å². The van der Waals surface area contributed by atoms with Crippen LogP contribution in [0.4, 0.5) is 5.82 Å². The maximum absolute atomic E-state index is 11.0. The molecule has 0 unspecified atom stereocenters. The van der Waals surface area contributed by atoms with Gasteiger partial charge in [-0.15, -0.1) is 6.42 Å². The van der Waals surface area contributed by atoms with E-state index in [1.54, 1.807) is 47.1 Å². The van der Waals surface area contributed by atoms with Gasteiger partial charge >= 0.3 is 5.97 Å². The molecule has 0 saturated carbocycles. The van der Waals surface area contributed by atoms with E-state index in [0.717, 1.165) is 23.4 Å². The van der Waals surface area contributed by atoms with Crippen LogP contribution in [0.3, 0.4) is 0 Å². The number of carbonyl (C=O) groups excluding carboxylic acids is 1. The summed E-state index contributed by atoms with van der Waals surface area (Å²) in [5, 5.41) is 20.8. The number of halogens is 1. The molecule has 2 heterocycles. The van der Waals surface area contributed by atoms with Gasteiger partial charge in [0.15, 0.2) is 5.65 Å². The lowest BCUT2D eigenvalue weighted by atomic mass is 10.1. The average Bonchev–Trinajstić information content (AvgIpc) is 3.25. The number of esters is 1. The molecule has 0 atom stereocenters. The van der Waals surface area contributed by atoms with Crippen LogP contribution < -0.4 is 10.6 Å². The molecule has 9 heteroatoms. The van der Waals surface area contributed by atoms with Crippen molar-refractivity contribution in [1.29, 1.82) is 0 Å². The number of ether oxygens (including phenoxy) is 1. The van der Waals surface area contributed by atoms with Crippen molar-refractivity contribution < 1.29 is 14.6 Å². The first kappa shape index (κ1) is 24.8. The highest BCUT2D eigenvalue weighted by Gasteiger charge is 2.13. The van der Waals surface area contributed by atoms with Crippen LogP contribution in [0, 0.1) is 12.3 Å². The molecule has 8 nitrogen and oxygen atoms in total. The number of hydrogen-bond donors (Lipinski definition) is 3. The number of anilines is 1. The van der Waals surface area contributed by atoms with Gasteiger partial charge in [0.2, 0.25) is 0 Å². The lowest BCUT2D eigenvalue weighted by Crippen LogP contribution is -2.19. The molecule has 0 amide bonds. The van der Waals surface area contributed by atoms with E-state index < -0.39 is 0 Å². The molecule has 4 rings (SSSR count). The fourth-order valence-corrected chi connectivity index (χ4v) is 3.41. The van der Waals surface area contributed by atoms with E-state index >= 15 is 0 Å². The van der Waals surface area contributed by atoms with E-state index in [1.807, 2.05) is 25.2 Å². The Morgan fingerprint density at radius 2 is 2.00 bits per heavy atom. The molecule has 0 fully saturated rings. The average molecular weight is 522 g/mol. The fraction of sp³-hybridized carbons (Fsp3) is 0.160. The summed E-state index contributed by atoms with van der Waals surface area (Å²) in [7, 11) is 3.24. The molecular formula is C25H24BrN5O3. The van der Waals surface area contributed by atoms with Crippen molar-refractivity contribution >= 4 is 33.4 Å². The minimum Gasteiger partial charge on any atom is -0.507 e. The predicted octanol–water partition coefficient (Wildman–Crippen LogP) is 3.95. The van der Waals surface area contributed by atoms with Gasteiger partial charge in [-0.3, -0.25) is 0 Å². The van der Waals surface area contributed by atoms with Gasteiger partial charge in [0.25, 0.3) is 0 Å². The highest BCUT2D eigenvalue weighted by molar-refractivity contribution is 9.10. The number of aromatic hydroxyl groups is 1. The van der Waals surface area contributed by atoms with Gasteiger partial charge in [-0.05, 0) is 53.3 Å². The number of fused-ring (bicyclic) bond motifs is 1. The number of phenols is 1. The summed E-state index contributed by atoms with van der Waals surface area (Å²) in [6.07, 6.45) is 6.87. The standard InChI is InChI=1S/C15H16BrN5O.C10H8O2/c1-17-6-7-18-14-8-12(10-4-2-3-5-13(10)22)20-15-11(16)9-19-21(14)15;1-3-8-5-4-6-9(7-8)10(11)12-2/h2-5,8-9,17-18,22H,6-7H2,1H3;1,4-7H,2H3. The zero-order valence-electron chi connectivity index (χ0n) is 18.7. The highest BCUT2D eigenvalue weighted by atomic mass is 79.9. The van der Waals surface area contributed by atoms with Crippen LogP contribution >= 0.6 is 15.9 Å². The van der Waals surface area contributed by atoms with E-state index in [9.17, 15) is 9.90 Å². The zero-order chi connectivity index (χ0) is 24.5. The smallest absolute Gasteiger partial charge is 0.337 e. The fourth-order valence-electron chi connectivity index (χ4n) is 3.06. The van der Waals surface area contributed by atoms with Crippen molar-refractivity contribution in [2.45, 2.75) is 0 Å². The van der Waals surface area contributed by atoms with Gasteiger partial charge in [-0.2, -0.15) is 9.61 Å². The number of terminal acetylenes is 1. The zero-order valence-corrected chi connectivity index (χ0v) is 20.3. The van der Waals surface area contributed by atoms with E-state index in [4.69, 9.17) is 6.42 Å². The third-order valence-corrected chi connectivity index (χ3v) is 5.30. The minimum atomic E-state index is -0.368. The monoisotopic (exact) mass is 521 g/mol. The first-order chi connectivity index (χ1) is 16.5. The predicted molar refractivity (Wildman–Crippen MR) is 136 cm³/mol. The van der Waals surface area contributed by atoms with Gasteiger partial charge in [0, 0.05) is 30.3 Å². The Morgan fingerprint density at radius 1 is 1.21 bits per heavy atom. The summed E-state index contributed by atoms with van der Waals surface area (Å²) < 4.78 is 7.07. The molecule has 2 aromatic carbocycles. The lowest BCUT2D eigenvalue weighted by molar-refractivity contribution is 0.0600. The number of phenolic OH excluding ortho intramolecular Hbond substituents is 1. The van der Waals surface area contributed by atoms with Gasteiger partial charge in [0.05, 0.1) is 29.0 Å². The summed E-state index contributed by atoms with van der Waals surface area (Å²) in [5.74, 6) is 3.10. The number of carbonyl (C=O) groups is 1. The molecule has 0 spiro atoms. The van der Waals surface area contributed by atoms with Gasteiger partial charge < -0.3 is 20.5 Å². The molecule has 174 valence electrons. The van der Waals surface area contributed by atoms with Gasteiger partial charge in [-0.1, -0.05) is 24.1 Å². The summed E-state index contributed by atoms with van der Waals surface area (Å²) >= 11 is 3.46. The number of methoxy groups -OCH3 is 1. The molecular weight excluding hydrogens is 498 g/mol. The number of para-hydroxylation sites is 1. The maximum atomic E-state index is 11.0. The number of aromatic nitrogens is 3. The molecule has 3 N–H and O–H groups in total. The summed E-state index contributed by atoms with van der Waals surface area (Å²) in [6.45, 7) is 1.59. The third kappa shape index (κ3) is 5.92. The molecule has 4 aromatic rings. The maximum Gasteiger partial charge on any atom is 0.337 e. The Labute approximate surface area is 206 Å². The number of nitrogens with one attached hydrogen (secondary N) is 2. The van der Waals surface area contributed by atoms with Crippen molar-refractivity contribution in [3.05, 3.63) is 76.4 Å². The molecule has 0 aliphatic heterocycles. The van der Waals surface area contributed by atoms with Crippen LogP contribution in [0.25, 0.3) is 16.9 Å². The van der Waals surface area contributed by atoms with Crippen LogP contribution in [-0.2, 0) is 4.74 Å². The topological polar surface area (TPSA) is 101 Å². The van der Waals surface area contributed by atoms with Crippen LogP contribution in [0.1, 0.15) is 15.9 Å². The number of likely N-dealkylation sites (N-methyl/N-ethyl adjacent to an activating group) is 1. The van der Waals surface area contributed by atoms with E-state index in [-0.39, 0.29) is 11.7 Å². The van der Waals surface area contributed by atoms with Crippen molar-refractivity contribution in [3.8, 4) is 29.4 Å². The quantitative estimate of drug-likeness (QED) is 0.200. The first-order valence-electron chi connectivity index (χ1n) is 10.3. The lowest BCUT2D eigenvalue weighted by Gasteiger charge is -2.11. The molecule has 0 radical (unpaired) electrons. The van der Waals surface area contributed by atoms with Crippen LogP contribution in [0.5, 0.6) is 5.75 Å². The Hall–Kier alpha value is -3.87. The van der Waals surface area contributed by atoms with Gasteiger partial charge in [0.1, 0.15) is 11.6 Å². The summed E-state index contributed by atoms with van der Waals surface area (Å²) in [5.41, 5.74) is 3.24. The highest BCUT2D eigenvalue weighted by Crippen LogP contribution is 2.30. The molecule has 0 aliphatic rings. The Morgan fingerprint density at radius 3 is 2.71 bits per heavy atom. The van der Waals surface area contributed by atoms with Crippen molar-refractivity contribution in [2.75, 3.05) is 32.6 Å². The second kappa shape index (κ2) is 11.8. The number of nitrogens with zero attached hydrogens (tertiary/aromatic N) is 3. The first-order valence-corrected chi connectivity index (χ1v) is 11.1. The van der Waals surface area contributed by atoms with Crippen LogP contribution in [-0.4, -0.2) is 52.9 Å². The number of benzene rings is 2. The van der Waals surface area contributed by atoms with Gasteiger partial charge in [-0.25, -0.2) is 9.78 Å². The Balaban J connectivity index is 0.000000229. The minimum absolute atomic E-state index is 0.205. The molecule has 0 aliphatic carbocycles.